The minimum Gasteiger partial charge on any atom is -0.488 e. The highest BCUT2D eigenvalue weighted by Crippen LogP contribution is 2.32. The molecule has 0 aliphatic rings. The molecule has 1 aromatic heterocycles. The first-order valence-electron chi connectivity index (χ1n) is 6.77. The third-order valence-corrected chi connectivity index (χ3v) is 4.93. The molecule has 0 aliphatic carbocycles. The predicted octanol–water partition coefficient (Wildman–Crippen LogP) is 4.90. The Kier molecular flexibility index (Phi) is 4.15. The molecule has 3 aromatic rings. The zero-order valence-electron chi connectivity index (χ0n) is 11.7. The highest BCUT2D eigenvalue weighted by molar-refractivity contribution is 7.12. The maximum atomic E-state index is 6.23. The molecule has 0 radical (unpaired) electrons. The van der Waals surface area contributed by atoms with E-state index in [0.29, 0.717) is 13.2 Å². The Balaban J connectivity index is 1.88. The zero-order valence-corrected chi connectivity index (χ0v) is 13.3. The van der Waals surface area contributed by atoms with Crippen molar-refractivity contribution >= 4 is 33.7 Å². The Morgan fingerprint density at radius 3 is 2.62 bits per heavy atom. The van der Waals surface area contributed by atoms with Crippen molar-refractivity contribution in [2.24, 2.45) is 5.73 Å². The number of halogens is 1. The summed E-state index contributed by atoms with van der Waals surface area (Å²) in [5, 5.41) is 2.80. The molecule has 0 unspecified atom stereocenters. The van der Waals surface area contributed by atoms with E-state index in [1.807, 2.05) is 36.4 Å². The van der Waals surface area contributed by atoms with E-state index >= 15 is 0 Å². The van der Waals surface area contributed by atoms with E-state index in [0.717, 1.165) is 21.5 Å². The van der Waals surface area contributed by atoms with Gasteiger partial charge in [-0.3, -0.25) is 0 Å². The van der Waals surface area contributed by atoms with E-state index in [-0.39, 0.29) is 0 Å². The van der Waals surface area contributed by atoms with E-state index in [1.54, 1.807) is 11.3 Å². The number of rotatable bonds is 4. The van der Waals surface area contributed by atoms with Crippen molar-refractivity contribution in [3.63, 3.8) is 0 Å². The molecule has 0 fully saturated rings. The van der Waals surface area contributed by atoms with E-state index in [9.17, 15) is 0 Å². The molecule has 3 rings (SSSR count). The Morgan fingerprint density at radius 1 is 1.14 bits per heavy atom. The van der Waals surface area contributed by atoms with Gasteiger partial charge in [-0.25, -0.2) is 0 Å². The number of hydrogen-bond acceptors (Lipinski definition) is 3. The summed E-state index contributed by atoms with van der Waals surface area (Å²) in [6, 6.07) is 13.9. The molecule has 0 saturated heterocycles. The Bertz CT molecular complexity index is 782. The topological polar surface area (TPSA) is 35.2 Å². The average molecular weight is 318 g/mol. The number of fused-ring (bicyclic) bond motifs is 1. The fourth-order valence-electron chi connectivity index (χ4n) is 2.35. The maximum Gasteiger partial charge on any atom is 0.127 e. The molecule has 4 heteroatoms. The van der Waals surface area contributed by atoms with Crippen LogP contribution in [0.15, 0.2) is 42.5 Å². The Labute approximate surface area is 133 Å². The van der Waals surface area contributed by atoms with Gasteiger partial charge in [0.2, 0.25) is 0 Å². The van der Waals surface area contributed by atoms with Gasteiger partial charge in [-0.05, 0) is 25.1 Å². The summed E-state index contributed by atoms with van der Waals surface area (Å²) in [5.41, 5.74) is 6.88. The standard InChI is InChI=1S/C17H16ClNOS/c1-11-12(8-13(9-19)21-11)10-20-17-7-6-16(18)14-4-2-3-5-15(14)17/h2-8H,9-10,19H2,1H3. The summed E-state index contributed by atoms with van der Waals surface area (Å²) in [5.74, 6) is 0.856. The third-order valence-electron chi connectivity index (χ3n) is 3.49. The number of thiophene rings is 1. The molecule has 2 N–H and O–H groups in total. The molecule has 0 bridgehead atoms. The normalized spacial score (nSPS) is 11.0. The summed E-state index contributed by atoms with van der Waals surface area (Å²) < 4.78 is 6.01. The summed E-state index contributed by atoms with van der Waals surface area (Å²) in [7, 11) is 0. The van der Waals surface area contributed by atoms with E-state index < -0.39 is 0 Å². The molecule has 2 aromatic carbocycles. The fraction of sp³-hybridized carbons (Fsp3) is 0.176. The second-order valence-corrected chi connectivity index (χ2v) is 6.63. The lowest BCUT2D eigenvalue weighted by Crippen LogP contribution is -1.97. The minimum absolute atomic E-state index is 0.550. The van der Waals surface area contributed by atoms with Gasteiger partial charge >= 0.3 is 0 Å². The number of nitrogens with two attached hydrogens (primary N) is 1. The molecule has 0 amide bonds. The quantitative estimate of drug-likeness (QED) is 0.742. The van der Waals surface area contributed by atoms with Crippen LogP contribution in [0.25, 0.3) is 10.8 Å². The molecule has 108 valence electrons. The molecule has 0 atom stereocenters. The van der Waals surface area contributed by atoms with Crippen molar-refractivity contribution in [3.05, 3.63) is 62.8 Å². The van der Waals surface area contributed by atoms with Crippen LogP contribution in [-0.4, -0.2) is 0 Å². The monoisotopic (exact) mass is 317 g/mol. The van der Waals surface area contributed by atoms with Crippen LogP contribution in [0.1, 0.15) is 15.3 Å². The lowest BCUT2D eigenvalue weighted by Gasteiger charge is -2.10. The van der Waals surface area contributed by atoms with Crippen LogP contribution < -0.4 is 10.5 Å². The van der Waals surface area contributed by atoms with Gasteiger partial charge in [0.1, 0.15) is 12.4 Å². The van der Waals surface area contributed by atoms with Gasteiger partial charge in [0.05, 0.1) is 0 Å². The van der Waals surface area contributed by atoms with Crippen LogP contribution >= 0.6 is 22.9 Å². The zero-order chi connectivity index (χ0) is 14.8. The van der Waals surface area contributed by atoms with E-state index in [4.69, 9.17) is 22.1 Å². The molecular weight excluding hydrogens is 302 g/mol. The maximum absolute atomic E-state index is 6.23. The summed E-state index contributed by atoms with van der Waals surface area (Å²) in [4.78, 5) is 2.45. The largest absolute Gasteiger partial charge is 0.488 e. The van der Waals surface area contributed by atoms with Gasteiger partial charge < -0.3 is 10.5 Å². The third kappa shape index (κ3) is 2.91. The average Bonchev–Trinajstić information content (AvgIpc) is 2.87. The predicted molar refractivity (Wildman–Crippen MR) is 90.2 cm³/mol. The lowest BCUT2D eigenvalue weighted by molar-refractivity contribution is 0.310. The highest BCUT2D eigenvalue weighted by atomic mass is 35.5. The summed E-state index contributed by atoms with van der Waals surface area (Å²) in [6.45, 7) is 3.23. The molecular formula is C17H16ClNOS. The Morgan fingerprint density at radius 2 is 1.90 bits per heavy atom. The number of hydrogen-bond donors (Lipinski definition) is 1. The smallest absolute Gasteiger partial charge is 0.127 e. The number of benzene rings is 2. The summed E-state index contributed by atoms with van der Waals surface area (Å²) >= 11 is 7.96. The first-order chi connectivity index (χ1) is 10.2. The molecule has 1 heterocycles. The van der Waals surface area contributed by atoms with Crippen LogP contribution in [0, 0.1) is 6.92 Å². The summed E-state index contributed by atoms with van der Waals surface area (Å²) in [6.07, 6.45) is 0. The van der Waals surface area contributed by atoms with Crippen LogP contribution in [0.3, 0.4) is 0 Å². The van der Waals surface area contributed by atoms with Gasteiger partial charge in [0, 0.05) is 37.7 Å². The van der Waals surface area contributed by atoms with Gasteiger partial charge in [0.15, 0.2) is 0 Å². The van der Waals surface area contributed by atoms with Crippen molar-refractivity contribution in [2.45, 2.75) is 20.1 Å². The SMILES string of the molecule is Cc1sc(CN)cc1COc1ccc(Cl)c2ccccc12. The van der Waals surface area contributed by atoms with Crippen LogP contribution in [-0.2, 0) is 13.2 Å². The van der Waals surface area contributed by atoms with Gasteiger partial charge in [-0.2, -0.15) is 0 Å². The lowest BCUT2D eigenvalue weighted by atomic mass is 10.1. The van der Waals surface area contributed by atoms with Crippen LogP contribution in [0.5, 0.6) is 5.75 Å². The van der Waals surface area contributed by atoms with Crippen molar-refractivity contribution in [2.75, 3.05) is 0 Å². The molecule has 2 nitrogen and oxygen atoms in total. The van der Waals surface area contributed by atoms with Crippen molar-refractivity contribution in [1.29, 1.82) is 0 Å². The van der Waals surface area contributed by atoms with E-state index in [2.05, 4.69) is 13.0 Å². The fourth-order valence-corrected chi connectivity index (χ4v) is 3.50. The first kappa shape index (κ1) is 14.4. The molecule has 0 saturated carbocycles. The number of ether oxygens (including phenoxy) is 1. The molecule has 0 aliphatic heterocycles. The highest BCUT2D eigenvalue weighted by Gasteiger charge is 2.08. The van der Waals surface area contributed by atoms with Gasteiger partial charge in [-0.15, -0.1) is 11.3 Å². The second kappa shape index (κ2) is 6.06. The van der Waals surface area contributed by atoms with Crippen LogP contribution in [0.4, 0.5) is 0 Å². The van der Waals surface area contributed by atoms with E-state index in [1.165, 1.54) is 15.3 Å². The molecule has 21 heavy (non-hydrogen) atoms. The van der Waals surface area contributed by atoms with Crippen molar-refractivity contribution in [1.82, 2.24) is 0 Å². The van der Waals surface area contributed by atoms with Crippen molar-refractivity contribution < 1.29 is 4.74 Å². The number of aryl methyl sites for hydroxylation is 1. The van der Waals surface area contributed by atoms with Crippen LogP contribution in [0.2, 0.25) is 5.02 Å². The first-order valence-corrected chi connectivity index (χ1v) is 7.97. The second-order valence-electron chi connectivity index (χ2n) is 4.88. The van der Waals surface area contributed by atoms with Crippen molar-refractivity contribution in [3.8, 4) is 5.75 Å². The minimum atomic E-state index is 0.550. The molecule has 0 spiro atoms. The Hall–Kier alpha value is -1.55. The van der Waals surface area contributed by atoms with Gasteiger partial charge in [-0.1, -0.05) is 35.9 Å². The van der Waals surface area contributed by atoms with Gasteiger partial charge in [0.25, 0.3) is 0 Å².